The molecule has 2 aliphatic rings. The van der Waals surface area contributed by atoms with E-state index in [0.29, 0.717) is 47.4 Å². The van der Waals surface area contributed by atoms with Crippen molar-refractivity contribution in [3.8, 4) is 22.8 Å². The number of aryl methyl sites for hydroxylation is 1. The molecule has 0 saturated heterocycles. The fraction of sp³-hybridized carbons (Fsp3) is 0.250. The summed E-state index contributed by atoms with van der Waals surface area (Å²) < 4.78 is 11.2. The summed E-state index contributed by atoms with van der Waals surface area (Å²) >= 11 is 1.33. The maximum atomic E-state index is 12.5. The van der Waals surface area contributed by atoms with Gasteiger partial charge in [0.1, 0.15) is 13.2 Å². The van der Waals surface area contributed by atoms with Gasteiger partial charge in [-0.15, -0.1) is 11.3 Å². The Hall–Kier alpha value is -3.72. The summed E-state index contributed by atoms with van der Waals surface area (Å²) in [5, 5.41) is 5.14. The summed E-state index contributed by atoms with van der Waals surface area (Å²) in [7, 11) is 0. The van der Waals surface area contributed by atoms with Gasteiger partial charge in [0.2, 0.25) is 5.91 Å². The van der Waals surface area contributed by atoms with E-state index in [-0.39, 0.29) is 30.7 Å². The predicted octanol–water partition coefficient (Wildman–Crippen LogP) is 3.90. The monoisotopic (exact) mass is 463 g/mol. The van der Waals surface area contributed by atoms with Crippen LogP contribution in [-0.4, -0.2) is 47.4 Å². The first kappa shape index (κ1) is 21.1. The molecular formula is C24H21N3O5S. The van der Waals surface area contributed by atoms with Crippen molar-refractivity contribution in [3.05, 3.63) is 58.5 Å². The summed E-state index contributed by atoms with van der Waals surface area (Å²) in [5.41, 5.74) is 3.38. The van der Waals surface area contributed by atoms with Crippen LogP contribution in [0.2, 0.25) is 0 Å². The van der Waals surface area contributed by atoms with Crippen LogP contribution in [0.3, 0.4) is 0 Å². The molecule has 3 aromatic rings. The molecular weight excluding hydrogens is 442 g/mol. The smallest absolute Gasteiger partial charge is 0.261 e. The number of imide groups is 1. The Morgan fingerprint density at radius 2 is 1.85 bits per heavy atom. The normalized spacial score (nSPS) is 14.4. The van der Waals surface area contributed by atoms with Gasteiger partial charge in [0.05, 0.1) is 16.8 Å². The standard InChI is InChI=1S/C24H21N3O5S/c1-14-4-6-16-17(11-14)23(30)27(22(16)29)8-2-3-21(28)26-24-25-18(13-33-24)15-5-7-19-20(12-15)32-10-9-31-19/h4-7,11-13H,2-3,8-10H2,1H3,(H,25,26,28). The van der Waals surface area contributed by atoms with E-state index < -0.39 is 0 Å². The van der Waals surface area contributed by atoms with Crippen LogP contribution >= 0.6 is 11.3 Å². The average molecular weight is 464 g/mol. The summed E-state index contributed by atoms with van der Waals surface area (Å²) in [6.07, 6.45) is 0.544. The number of carbonyl (C=O) groups excluding carboxylic acids is 3. The molecule has 0 fully saturated rings. The molecule has 0 spiro atoms. The molecule has 2 aromatic carbocycles. The van der Waals surface area contributed by atoms with E-state index in [9.17, 15) is 14.4 Å². The van der Waals surface area contributed by atoms with Crippen molar-refractivity contribution >= 4 is 34.2 Å². The average Bonchev–Trinajstić information content (AvgIpc) is 3.37. The van der Waals surface area contributed by atoms with Crippen molar-refractivity contribution in [1.82, 2.24) is 9.88 Å². The fourth-order valence-corrected chi connectivity index (χ4v) is 4.59. The number of nitrogens with one attached hydrogen (secondary N) is 1. The number of fused-ring (bicyclic) bond motifs is 2. The minimum absolute atomic E-state index is 0.172. The highest BCUT2D eigenvalue weighted by atomic mass is 32.1. The van der Waals surface area contributed by atoms with Gasteiger partial charge >= 0.3 is 0 Å². The number of benzene rings is 2. The molecule has 5 rings (SSSR count). The topological polar surface area (TPSA) is 97.8 Å². The zero-order valence-electron chi connectivity index (χ0n) is 17.9. The summed E-state index contributed by atoms with van der Waals surface area (Å²) in [6.45, 7) is 3.11. The van der Waals surface area contributed by atoms with E-state index in [2.05, 4.69) is 10.3 Å². The molecule has 2 aliphatic heterocycles. The maximum absolute atomic E-state index is 12.5. The summed E-state index contributed by atoms with van der Waals surface area (Å²) in [4.78, 5) is 43.1. The molecule has 0 unspecified atom stereocenters. The second kappa shape index (κ2) is 8.67. The molecule has 168 valence electrons. The molecule has 33 heavy (non-hydrogen) atoms. The van der Waals surface area contributed by atoms with Crippen LogP contribution in [0.25, 0.3) is 11.3 Å². The molecule has 0 saturated carbocycles. The SMILES string of the molecule is Cc1ccc2c(c1)C(=O)N(CCCC(=O)Nc1nc(-c3ccc4c(c3)OCCO4)cs1)C2=O. The molecule has 0 atom stereocenters. The number of nitrogens with zero attached hydrogens (tertiary/aromatic N) is 2. The number of thiazole rings is 1. The highest BCUT2D eigenvalue weighted by Gasteiger charge is 2.35. The van der Waals surface area contributed by atoms with Gasteiger partial charge in [-0.2, -0.15) is 0 Å². The van der Waals surface area contributed by atoms with Crippen LogP contribution < -0.4 is 14.8 Å². The van der Waals surface area contributed by atoms with E-state index in [1.54, 1.807) is 12.1 Å². The van der Waals surface area contributed by atoms with Crippen molar-refractivity contribution in [2.24, 2.45) is 0 Å². The second-order valence-electron chi connectivity index (χ2n) is 7.86. The van der Waals surface area contributed by atoms with Crippen LogP contribution in [-0.2, 0) is 4.79 Å². The van der Waals surface area contributed by atoms with Gasteiger partial charge in [-0.1, -0.05) is 11.6 Å². The van der Waals surface area contributed by atoms with Crippen LogP contribution in [0.1, 0.15) is 39.1 Å². The van der Waals surface area contributed by atoms with Gasteiger partial charge in [-0.05, 0) is 43.7 Å². The number of hydrogen-bond acceptors (Lipinski definition) is 7. The van der Waals surface area contributed by atoms with Gasteiger partial charge < -0.3 is 14.8 Å². The minimum atomic E-state index is -0.306. The van der Waals surface area contributed by atoms with Crippen molar-refractivity contribution in [2.75, 3.05) is 25.1 Å². The molecule has 0 radical (unpaired) electrons. The Kier molecular flexibility index (Phi) is 5.55. The molecule has 1 aromatic heterocycles. The number of amides is 3. The van der Waals surface area contributed by atoms with E-state index in [4.69, 9.17) is 9.47 Å². The lowest BCUT2D eigenvalue weighted by molar-refractivity contribution is -0.116. The predicted molar refractivity (Wildman–Crippen MR) is 123 cm³/mol. The highest BCUT2D eigenvalue weighted by Crippen LogP contribution is 2.35. The number of ether oxygens (including phenoxy) is 2. The highest BCUT2D eigenvalue weighted by molar-refractivity contribution is 7.14. The molecule has 0 aliphatic carbocycles. The van der Waals surface area contributed by atoms with Crippen molar-refractivity contribution in [1.29, 1.82) is 0 Å². The van der Waals surface area contributed by atoms with Crippen LogP contribution in [0.15, 0.2) is 41.8 Å². The maximum Gasteiger partial charge on any atom is 0.261 e. The third-order valence-electron chi connectivity index (χ3n) is 5.50. The van der Waals surface area contributed by atoms with E-state index in [1.807, 2.05) is 36.6 Å². The summed E-state index contributed by atoms with van der Waals surface area (Å²) in [6, 6.07) is 10.8. The van der Waals surface area contributed by atoms with Crippen molar-refractivity contribution in [2.45, 2.75) is 19.8 Å². The largest absolute Gasteiger partial charge is 0.486 e. The van der Waals surface area contributed by atoms with Gasteiger partial charge in [0.15, 0.2) is 16.6 Å². The Bertz CT molecular complexity index is 1270. The van der Waals surface area contributed by atoms with Crippen molar-refractivity contribution in [3.63, 3.8) is 0 Å². The van der Waals surface area contributed by atoms with Gasteiger partial charge in [0.25, 0.3) is 11.8 Å². The Labute approximate surface area is 194 Å². The third kappa shape index (κ3) is 4.19. The second-order valence-corrected chi connectivity index (χ2v) is 8.72. The molecule has 0 bridgehead atoms. The minimum Gasteiger partial charge on any atom is -0.486 e. The molecule has 9 heteroatoms. The fourth-order valence-electron chi connectivity index (χ4n) is 3.85. The van der Waals surface area contributed by atoms with Crippen LogP contribution in [0.5, 0.6) is 11.5 Å². The Morgan fingerprint density at radius 3 is 2.70 bits per heavy atom. The zero-order chi connectivity index (χ0) is 22.9. The van der Waals surface area contributed by atoms with Gasteiger partial charge in [-0.25, -0.2) is 4.98 Å². The number of rotatable bonds is 6. The molecule has 1 N–H and O–H groups in total. The Morgan fingerprint density at radius 1 is 1.06 bits per heavy atom. The Balaban J connectivity index is 1.15. The number of anilines is 1. The first-order chi connectivity index (χ1) is 16.0. The van der Waals surface area contributed by atoms with E-state index >= 15 is 0 Å². The lowest BCUT2D eigenvalue weighted by atomic mass is 10.1. The van der Waals surface area contributed by atoms with Crippen molar-refractivity contribution < 1.29 is 23.9 Å². The summed E-state index contributed by atoms with van der Waals surface area (Å²) in [5.74, 6) is 0.565. The van der Waals surface area contributed by atoms with Crippen LogP contribution in [0.4, 0.5) is 5.13 Å². The number of carbonyl (C=O) groups is 3. The molecule has 3 heterocycles. The van der Waals surface area contributed by atoms with Gasteiger partial charge in [-0.3, -0.25) is 19.3 Å². The van der Waals surface area contributed by atoms with Crippen LogP contribution in [0, 0.1) is 6.92 Å². The molecule has 8 nitrogen and oxygen atoms in total. The van der Waals surface area contributed by atoms with E-state index in [0.717, 1.165) is 16.8 Å². The first-order valence-corrected chi connectivity index (χ1v) is 11.5. The molecule has 3 amide bonds. The number of hydrogen-bond donors (Lipinski definition) is 1. The number of aromatic nitrogens is 1. The lowest BCUT2D eigenvalue weighted by Crippen LogP contribution is -2.31. The quantitative estimate of drug-likeness (QED) is 0.557. The van der Waals surface area contributed by atoms with E-state index in [1.165, 1.54) is 16.2 Å². The first-order valence-electron chi connectivity index (χ1n) is 10.6. The lowest BCUT2D eigenvalue weighted by Gasteiger charge is -2.18. The zero-order valence-corrected chi connectivity index (χ0v) is 18.7. The third-order valence-corrected chi connectivity index (χ3v) is 6.26. The van der Waals surface area contributed by atoms with Gasteiger partial charge in [0, 0.05) is 23.9 Å².